The Morgan fingerprint density at radius 1 is 1.29 bits per heavy atom. The van der Waals surface area contributed by atoms with Gasteiger partial charge in [0.25, 0.3) is 11.8 Å². The maximum absolute atomic E-state index is 13.1. The van der Waals surface area contributed by atoms with E-state index >= 15 is 0 Å². The van der Waals surface area contributed by atoms with E-state index in [1.165, 1.54) is 12.4 Å². The summed E-state index contributed by atoms with van der Waals surface area (Å²) in [7, 11) is 0. The molecule has 0 aliphatic carbocycles. The van der Waals surface area contributed by atoms with Crippen LogP contribution in [0.1, 0.15) is 40.0 Å². The molecule has 0 fully saturated rings. The maximum Gasteiger partial charge on any atom is 0.422 e. The Balaban J connectivity index is 1.51. The largest absolute Gasteiger partial charge is 0.468 e. The average molecular weight is 485 g/mol. The number of nitrogens with one attached hydrogen (secondary N) is 1. The number of hydrogen-bond acceptors (Lipinski definition) is 6. The van der Waals surface area contributed by atoms with Crippen molar-refractivity contribution in [2.24, 2.45) is 4.99 Å². The number of carbonyl (C=O) groups is 2. The lowest BCUT2D eigenvalue weighted by atomic mass is 10.1. The number of ether oxygens (including phenoxy) is 1. The zero-order valence-corrected chi connectivity index (χ0v) is 19.0. The second-order valence-electron chi connectivity index (χ2n) is 8.06. The van der Waals surface area contributed by atoms with E-state index in [1.54, 1.807) is 49.1 Å². The first-order valence-corrected chi connectivity index (χ1v) is 10.8. The average Bonchev–Trinajstić information content (AvgIpc) is 2.98. The van der Waals surface area contributed by atoms with Gasteiger partial charge in [0.2, 0.25) is 5.88 Å². The van der Waals surface area contributed by atoms with Crippen molar-refractivity contribution in [3.05, 3.63) is 71.1 Å². The fraction of sp³-hybridized carbons (Fsp3) is 0.292. The van der Waals surface area contributed by atoms with Gasteiger partial charge in [-0.3, -0.25) is 14.6 Å². The van der Waals surface area contributed by atoms with Crippen molar-refractivity contribution in [3.63, 3.8) is 0 Å². The second-order valence-corrected chi connectivity index (χ2v) is 8.06. The van der Waals surface area contributed by atoms with Crippen LogP contribution in [-0.2, 0) is 11.3 Å². The Morgan fingerprint density at radius 2 is 2.09 bits per heavy atom. The van der Waals surface area contributed by atoms with Crippen LogP contribution in [0.2, 0.25) is 0 Å². The third kappa shape index (κ3) is 5.39. The molecule has 1 atom stereocenters. The van der Waals surface area contributed by atoms with E-state index < -0.39 is 24.7 Å². The minimum Gasteiger partial charge on any atom is -0.468 e. The molecule has 1 unspecified atom stereocenters. The number of anilines is 1. The molecule has 8 nitrogen and oxygen atoms in total. The number of allylic oxidation sites excluding steroid dienone is 2. The summed E-state index contributed by atoms with van der Waals surface area (Å²) in [5.74, 6) is -0.529. The molecule has 2 aromatic heterocycles. The molecule has 35 heavy (non-hydrogen) atoms. The molecule has 0 spiro atoms. The predicted octanol–water partition coefficient (Wildman–Crippen LogP) is 3.95. The van der Waals surface area contributed by atoms with E-state index in [0.29, 0.717) is 28.8 Å². The van der Waals surface area contributed by atoms with Gasteiger partial charge in [0.1, 0.15) is 11.5 Å². The van der Waals surface area contributed by atoms with Crippen molar-refractivity contribution >= 4 is 23.3 Å². The minimum atomic E-state index is -4.47. The molecule has 0 radical (unpaired) electrons. The number of aromatic nitrogens is 2. The van der Waals surface area contributed by atoms with E-state index in [2.05, 4.69) is 20.3 Å². The number of alkyl halides is 3. The number of nitrogens with zero attached hydrogens (tertiary/aromatic N) is 4. The van der Waals surface area contributed by atoms with Crippen LogP contribution in [-0.4, -0.2) is 51.7 Å². The number of amides is 2. The zero-order chi connectivity index (χ0) is 25.2. The summed E-state index contributed by atoms with van der Waals surface area (Å²) in [5, 5.41) is 2.74. The van der Waals surface area contributed by atoms with Crippen LogP contribution >= 0.6 is 0 Å². The van der Waals surface area contributed by atoms with Crippen molar-refractivity contribution in [2.45, 2.75) is 32.6 Å². The molecular weight excluding hydrogens is 463 g/mol. The van der Waals surface area contributed by atoms with Crippen LogP contribution in [0.3, 0.4) is 0 Å². The molecule has 2 amide bonds. The normalized spacial score (nSPS) is 16.0. The summed E-state index contributed by atoms with van der Waals surface area (Å²) >= 11 is 0. The van der Waals surface area contributed by atoms with Crippen LogP contribution in [0.15, 0.2) is 53.8 Å². The number of pyridine rings is 2. The van der Waals surface area contributed by atoms with E-state index in [4.69, 9.17) is 4.74 Å². The number of rotatable bonds is 6. The van der Waals surface area contributed by atoms with E-state index in [1.807, 2.05) is 6.08 Å². The third-order valence-corrected chi connectivity index (χ3v) is 5.58. The monoisotopic (exact) mass is 485 g/mol. The topological polar surface area (TPSA) is 96.8 Å². The smallest absolute Gasteiger partial charge is 0.422 e. The summed E-state index contributed by atoms with van der Waals surface area (Å²) in [4.78, 5) is 39.8. The minimum absolute atomic E-state index is 0.116. The molecule has 0 aromatic carbocycles. The van der Waals surface area contributed by atoms with Crippen LogP contribution in [0.4, 0.5) is 19.0 Å². The SMILES string of the molecule is Cc1cc(C(C)N2Cc3c(ccnc3NC(=O)C3=NCC=CC=C3)C2=O)cnc1OCC(F)(F)F. The maximum atomic E-state index is 13.1. The number of aliphatic imine (C=N–C) groups is 1. The Labute approximate surface area is 199 Å². The van der Waals surface area contributed by atoms with Crippen molar-refractivity contribution in [2.75, 3.05) is 18.5 Å². The first-order chi connectivity index (χ1) is 16.6. The molecule has 0 bridgehead atoms. The number of carbonyl (C=O) groups excluding carboxylic acids is 2. The van der Waals surface area contributed by atoms with Crippen LogP contribution < -0.4 is 10.1 Å². The fourth-order valence-electron chi connectivity index (χ4n) is 3.77. The van der Waals surface area contributed by atoms with Gasteiger partial charge in [-0.25, -0.2) is 9.97 Å². The van der Waals surface area contributed by atoms with E-state index in [9.17, 15) is 22.8 Å². The van der Waals surface area contributed by atoms with Gasteiger partial charge in [-0.2, -0.15) is 13.2 Å². The summed E-state index contributed by atoms with van der Waals surface area (Å²) in [6, 6.07) is 2.79. The highest BCUT2D eigenvalue weighted by molar-refractivity contribution is 6.47. The molecule has 11 heteroatoms. The van der Waals surface area contributed by atoms with Crippen molar-refractivity contribution in [3.8, 4) is 5.88 Å². The molecule has 2 aliphatic heterocycles. The Bertz CT molecular complexity index is 1250. The lowest BCUT2D eigenvalue weighted by Crippen LogP contribution is -2.27. The molecular formula is C24H22F3N5O3. The first-order valence-electron chi connectivity index (χ1n) is 10.8. The van der Waals surface area contributed by atoms with E-state index in [-0.39, 0.29) is 29.9 Å². The summed E-state index contributed by atoms with van der Waals surface area (Å²) < 4.78 is 42.1. The van der Waals surface area contributed by atoms with Gasteiger partial charge in [-0.05, 0) is 37.6 Å². The summed E-state index contributed by atoms with van der Waals surface area (Å²) in [5.41, 5.74) is 2.29. The van der Waals surface area contributed by atoms with Crippen molar-refractivity contribution < 1.29 is 27.5 Å². The first kappa shape index (κ1) is 24.1. The van der Waals surface area contributed by atoms with Gasteiger partial charge >= 0.3 is 6.18 Å². The lowest BCUT2D eigenvalue weighted by Gasteiger charge is -2.25. The number of hydrogen-bond donors (Lipinski definition) is 1. The summed E-state index contributed by atoms with van der Waals surface area (Å²) in [6.07, 6.45) is 5.31. The second kappa shape index (κ2) is 9.69. The van der Waals surface area contributed by atoms with Gasteiger partial charge in [-0.15, -0.1) is 0 Å². The van der Waals surface area contributed by atoms with Gasteiger partial charge in [0.15, 0.2) is 6.61 Å². The standard InChI is InChI=1S/C24H22F3N5O3/c1-14-10-16(11-30-22(14)35-13-24(25,26)27)15(2)32-12-18-17(23(32)34)7-9-29-20(18)31-21(33)19-6-4-3-5-8-28-19/h3-7,9-11,15H,8,12-13H2,1-2H3,(H,29,31,33). The van der Waals surface area contributed by atoms with Gasteiger partial charge in [-0.1, -0.05) is 18.2 Å². The molecule has 0 saturated heterocycles. The highest BCUT2D eigenvalue weighted by atomic mass is 19.4. The zero-order valence-electron chi connectivity index (χ0n) is 19.0. The molecule has 182 valence electrons. The highest BCUT2D eigenvalue weighted by Gasteiger charge is 2.34. The van der Waals surface area contributed by atoms with Gasteiger partial charge < -0.3 is 15.0 Å². The summed E-state index contributed by atoms with van der Waals surface area (Å²) in [6.45, 7) is 2.52. The molecule has 1 N–H and O–H groups in total. The highest BCUT2D eigenvalue weighted by Crippen LogP contribution is 2.34. The quantitative estimate of drug-likeness (QED) is 0.669. The lowest BCUT2D eigenvalue weighted by molar-refractivity contribution is -0.154. The fourth-order valence-corrected chi connectivity index (χ4v) is 3.77. The van der Waals surface area contributed by atoms with Gasteiger partial charge in [0, 0.05) is 29.1 Å². The number of aryl methyl sites for hydroxylation is 1. The Morgan fingerprint density at radius 3 is 2.83 bits per heavy atom. The predicted molar refractivity (Wildman–Crippen MR) is 122 cm³/mol. The Hall–Kier alpha value is -4.02. The van der Waals surface area contributed by atoms with Crippen LogP contribution in [0, 0.1) is 6.92 Å². The molecule has 2 aromatic rings. The number of halogens is 3. The molecule has 4 rings (SSSR count). The number of fused-ring (bicyclic) bond motifs is 1. The molecule has 2 aliphatic rings. The van der Waals surface area contributed by atoms with E-state index in [0.717, 1.165) is 0 Å². The Kier molecular flexibility index (Phi) is 6.68. The van der Waals surface area contributed by atoms with Crippen molar-refractivity contribution in [1.29, 1.82) is 0 Å². The third-order valence-electron chi connectivity index (χ3n) is 5.58. The van der Waals surface area contributed by atoms with Crippen LogP contribution in [0.25, 0.3) is 0 Å². The molecule has 4 heterocycles. The van der Waals surface area contributed by atoms with Gasteiger partial charge in [0.05, 0.1) is 19.1 Å². The van der Waals surface area contributed by atoms with Crippen LogP contribution in [0.5, 0.6) is 5.88 Å². The van der Waals surface area contributed by atoms with Crippen molar-refractivity contribution in [1.82, 2.24) is 14.9 Å². The molecule has 0 saturated carbocycles.